The van der Waals surface area contributed by atoms with Crippen LogP contribution < -0.4 is 5.32 Å². The molecule has 0 bridgehead atoms. The van der Waals surface area contributed by atoms with E-state index in [1.807, 2.05) is 32.9 Å². The maximum atomic E-state index is 12.8. The molecular weight excluding hydrogens is 448 g/mol. The number of benzene rings is 1. The quantitative estimate of drug-likeness (QED) is 0.524. The zero-order valence-corrected chi connectivity index (χ0v) is 18.7. The van der Waals surface area contributed by atoms with Crippen LogP contribution in [0.4, 0.5) is 5.69 Å². The number of carbonyl (C=O) groups is 2. The number of nitrogens with one attached hydrogen (secondary N) is 1. The molecule has 7 nitrogen and oxygen atoms in total. The number of hydrogen-bond donors (Lipinski definition) is 1. The van der Waals surface area contributed by atoms with Gasteiger partial charge < -0.3 is 10.1 Å². The first-order chi connectivity index (χ1) is 14.3. The molecule has 1 fully saturated rings. The summed E-state index contributed by atoms with van der Waals surface area (Å²) in [5.41, 5.74) is 3.66. The number of amides is 1. The van der Waals surface area contributed by atoms with Gasteiger partial charge in [0.25, 0.3) is 5.91 Å². The Labute approximate surface area is 182 Å². The topological polar surface area (TPSA) is 86.1 Å². The van der Waals surface area contributed by atoms with Crippen LogP contribution in [0.15, 0.2) is 34.9 Å². The Morgan fingerprint density at radius 1 is 1.30 bits per heavy atom. The summed E-state index contributed by atoms with van der Waals surface area (Å²) in [6, 6.07) is 7.40. The highest BCUT2D eigenvalue weighted by Crippen LogP contribution is 2.40. The number of carbonyl (C=O) groups excluding carboxylic acids is 2. The summed E-state index contributed by atoms with van der Waals surface area (Å²) in [5.74, 6) is -0.572. The van der Waals surface area contributed by atoms with E-state index in [0.29, 0.717) is 28.2 Å². The minimum atomic E-state index is -0.548. The minimum Gasteiger partial charge on any atom is -0.452 e. The molecule has 0 radical (unpaired) electrons. The van der Waals surface area contributed by atoms with Gasteiger partial charge in [-0.25, -0.2) is 14.5 Å². The maximum Gasteiger partial charge on any atom is 0.339 e. The van der Waals surface area contributed by atoms with Crippen LogP contribution in [-0.4, -0.2) is 33.2 Å². The van der Waals surface area contributed by atoms with Crippen molar-refractivity contribution in [2.24, 2.45) is 0 Å². The molecule has 156 valence electrons. The second-order valence-corrected chi connectivity index (χ2v) is 8.73. The Morgan fingerprint density at radius 2 is 2.07 bits per heavy atom. The van der Waals surface area contributed by atoms with Gasteiger partial charge in [-0.2, -0.15) is 5.10 Å². The highest BCUT2D eigenvalue weighted by molar-refractivity contribution is 9.10. The highest BCUT2D eigenvalue weighted by atomic mass is 79.9. The summed E-state index contributed by atoms with van der Waals surface area (Å²) in [4.78, 5) is 29.8. The summed E-state index contributed by atoms with van der Waals surface area (Å²) in [6.07, 6.45) is 3.77. The highest BCUT2D eigenvalue weighted by Gasteiger charge is 2.28. The lowest BCUT2D eigenvalue weighted by Gasteiger charge is -2.11. The van der Waals surface area contributed by atoms with Gasteiger partial charge in [-0.3, -0.25) is 4.79 Å². The molecule has 2 aromatic heterocycles. The molecule has 1 aromatic carbocycles. The van der Waals surface area contributed by atoms with E-state index in [4.69, 9.17) is 9.72 Å². The van der Waals surface area contributed by atoms with E-state index in [-0.39, 0.29) is 12.6 Å². The smallest absolute Gasteiger partial charge is 0.339 e. The van der Waals surface area contributed by atoms with Crippen molar-refractivity contribution in [3.8, 4) is 0 Å². The number of pyridine rings is 1. The van der Waals surface area contributed by atoms with Crippen molar-refractivity contribution in [2.75, 3.05) is 11.9 Å². The third kappa shape index (κ3) is 4.23. The molecule has 1 aliphatic carbocycles. The van der Waals surface area contributed by atoms with E-state index in [9.17, 15) is 9.59 Å². The van der Waals surface area contributed by atoms with Gasteiger partial charge in [-0.15, -0.1) is 0 Å². The van der Waals surface area contributed by atoms with E-state index < -0.39 is 11.9 Å². The van der Waals surface area contributed by atoms with Gasteiger partial charge in [0, 0.05) is 27.8 Å². The fourth-order valence-corrected chi connectivity index (χ4v) is 3.63. The van der Waals surface area contributed by atoms with Crippen LogP contribution in [-0.2, 0) is 9.53 Å². The standard InChI is InChI=1S/C22H23BrN4O3/c1-12(2)27-21-17(10-24-27)16(9-19(26-21)14-5-6-14)22(29)30-11-20(28)25-15-7-4-13(3)18(23)8-15/h4,7-10,12,14H,5-6,11H2,1-3H3,(H,25,28). The number of anilines is 1. The summed E-state index contributed by atoms with van der Waals surface area (Å²) < 4.78 is 8.02. The van der Waals surface area contributed by atoms with Gasteiger partial charge in [0.15, 0.2) is 12.3 Å². The predicted molar refractivity (Wildman–Crippen MR) is 118 cm³/mol. The molecule has 1 N–H and O–H groups in total. The van der Waals surface area contributed by atoms with Gasteiger partial charge in [0.1, 0.15) is 0 Å². The Balaban J connectivity index is 1.51. The average Bonchev–Trinajstić information content (AvgIpc) is 3.47. The fourth-order valence-electron chi connectivity index (χ4n) is 3.25. The number of ether oxygens (including phenoxy) is 1. The summed E-state index contributed by atoms with van der Waals surface area (Å²) >= 11 is 3.44. The number of fused-ring (bicyclic) bond motifs is 1. The van der Waals surface area contributed by atoms with E-state index in [2.05, 4.69) is 26.3 Å². The second kappa shape index (κ2) is 8.18. The molecule has 0 atom stereocenters. The predicted octanol–water partition coefficient (Wildman–Crippen LogP) is 4.76. The molecule has 30 heavy (non-hydrogen) atoms. The zero-order valence-electron chi connectivity index (χ0n) is 17.1. The monoisotopic (exact) mass is 470 g/mol. The molecular formula is C22H23BrN4O3. The third-order valence-electron chi connectivity index (χ3n) is 5.08. The summed E-state index contributed by atoms with van der Waals surface area (Å²) in [6.45, 7) is 5.63. The molecule has 1 amide bonds. The fraction of sp³-hybridized carbons (Fsp3) is 0.364. The Hall–Kier alpha value is -2.74. The summed E-state index contributed by atoms with van der Waals surface area (Å²) in [5, 5.41) is 7.77. The normalized spacial score (nSPS) is 13.6. The van der Waals surface area contributed by atoms with Crippen molar-refractivity contribution in [1.29, 1.82) is 0 Å². The molecule has 1 aliphatic rings. The van der Waals surface area contributed by atoms with Crippen LogP contribution in [0, 0.1) is 6.92 Å². The molecule has 3 aromatic rings. The van der Waals surface area contributed by atoms with Crippen molar-refractivity contribution in [2.45, 2.75) is 45.6 Å². The number of esters is 1. The number of hydrogen-bond acceptors (Lipinski definition) is 5. The number of halogens is 1. The summed E-state index contributed by atoms with van der Waals surface area (Å²) in [7, 11) is 0. The minimum absolute atomic E-state index is 0.118. The molecule has 8 heteroatoms. The van der Waals surface area contributed by atoms with E-state index >= 15 is 0 Å². The molecule has 4 rings (SSSR count). The lowest BCUT2D eigenvalue weighted by Crippen LogP contribution is -2.21. The van der Waals surface area contributed by atoms with E-state index in [1.165, 1.54) is 0 Å². The van der Waals surface area contributed by atoms with Crippen molar-refractivity contribution < 1.29 is 14.3 Å². The van der Waals surface area contributed by atoms with Gasteiger partial charge in [-0.1, -0.05) is 22.0 Å². The second-order valence-electron chi connectivity index (χ2n) is 7.88. The van der Waals surface area contributed by atoms with E-state index in [1.54, 1.807) is 23.0 Å². The molecule has 0 aliphatic heterocycles. The molecule has 0 saturated heterocycles. The number of aromatic nitrogens is 3. The Bertz CT molecular complexity index is 1130. The van der Waals surface area contributed by atoms with Crippen LogP contribution in [0.1, 0.15) is 60.3 Å². The van der Waals surface area contributed by atoms with Crippen LogP contribution >= 0.6 is 15.9 Å². The molecule has 0 spiro atoms. The first-order valence-corrected chi connectivity index (χ1v) is 10.7. The maximum absolute atomic E-state index is 12.8. The van der Waals surface area contributed by atoms with Crippen LogP contribution in [0.25, 0.3) is 11.0 Å². The number of nitrogens with zero attached hydrogens (tertiary/aromatic N) is 3. The Kier molecular flexibility index (Phi) is 5.60. The zero-order chi connectivity index (χ0) is 21.4. The first-order valence-electron chi connectivity index (χ1n) is 9.94. The van der Waals surface area contributed by atoms with Crippen molar-refractivity contribution in [3.05, 3.63) is 51.8 Å². The van der Waals surface area contributed by atoms with Crippen molar-refractivity contribution in [1.82, 2.24) is 14.8 Å². The SMILES string of the molecule is Cc1ccc(NC(=O)COC(=O)c2cc(C3CC3)nc3c2cnn3C(C)C)cc1Br. The van der Waals surface area contributed by atoms with Gasteiger partial charge in [-0.05, 0) is 57.4 Å². The molecule has 2 heterocycles. The van der Waals surface area contributed by atoms with Gasteiger partial charge in [0.2, 0.25) is 0 Å². The van der Waals surface area contributed by atoms with Crippen LogP contribution in [0.5, 0.6) is 0 Å². The first kappa shape index (κ1) is 20.5. The molecule has 0 unspecified atom stereocenters. The van der Waals surface area contributed by atoms with Crippen LogP contribution in [0.2, 0.25) is 0 Å². The lowest BCUT2D eigenvalue weighted by molar-refractivity contribution is -0.119. The van der Waals surface area contributed by atoms with E-state index in [0.717, 1.165) is 28.6 Å². The lowest BCUT2D eigenvalue weighted by atomic mass is 10.1. The van der Waals surface area contributed by atoms with Crippen molar-refractivity contribution >= 4 is 44.5 Å². The van der Waals surface area contributed by atoms with Crippen molar-refractivity contribution in [3.63, 3.8) is 0 Å². The average molecular weight is 471 g/mol. The third-order valence-corrected chi connectivity index (χ3v) is 5.94. The number of rotatable bonds is 6. The largest absolute Gasteiger partial charge is 0.452 e. The van der Waals surface area contributed by atoms with Crippen LogP contribution in [0.3, 0.4) is 0 Å². The Morgan fingerprint density at radius 3 is 2.73 bits per heavy atom. The molecule has 1 saturated carbocycles. The number of aryl methyl sites for hydroxylation is 1. The van der Waals surface area contributed by atoms with Gasteiger partial charge in [0.05, 0.1) is 17.1 Å². The van der Waals surface area contributed by atoms with Gasteiger partial charge >= 0.3 is 5.97 Å².